The minimum absolute atomic E-state index is 0.0573. The summed E-state index contributed by atoms with van der Waals surface area (Å²) in [5, 5.41) is 21.8. The Labute approximate surface area is 198 Å². The second kappa shape index (κ2) is 10.3. The number of nitrogens with two attached hydrogens (primary N) is 2. The molecule has 7 N–H and O–H groups in total. The van der Waals surface area contributed by atoms with Crippen LogP contribution in [0, 0.1) is 0 Å². The Morgan fingerprint density at radius 3 is 2.59 bits per heavy atom. The number of pyridine rings is 1. The van der Waals surface area contributed by atoms with Gasteiger partial charge in [-0.05, 0) is 36.1 Å². The highest BCUT2D eigenvalue weighted by Gasteiger charge is 2.23. The van der Waals surface area contributed by atoms with Crippen molar-refractivity contribution in [3.8, 4) is 0 Å². The Kier molecular flexibility index (Phi) is 7.46. The molecular formula is C21H25N7O5S. The number of amides is 1. The molecule has 180 valence electrons. The predicted molar refractivity (Wildman–Crippen MR) is 128 cm³/mol. The average molecular weight is 488 g/mol. The number of nitrogen functional groups attached to an aromatic ring is 2. The van der Waals surface area contributed by atoms with Crippen molar-refractivity contribution < 1.29 is 24.6 Å². The van der Waals surface area contributed by atoms with Crippen molar-refractivity contribution in [1.29, 1.82) is 0 Å². The molecule has 3 aromatic heterocycles. The molecule has 0 bridgehead atoms. The van der Waals surface area contributed by atoms with Gasteiger partial charge >= 0.3 is 11.9 Å². The summed E-state index contributed by atoms with van der Waals surface area (Å²) in [6.07, 6.45) is 1.81. The molecule has 1 atom stereocenters. The summed E-state index contributed by atoms with van der Waals surface area (Å²) >= 11 is 1.19. The third-order valence-corrected chi connectivity index (χ3v) is 6.37. The highest BCUT2D eigenvalue weighted by atomic mass is 32.1. The Bertz CT molecular complexity index is 1250. The summed E-state index contributed by atoms with van der Waals surface area (Å²) in [7, 11) is 1.85. The van der Waals surface area contributed by atoms with Gasteiger partial charge in [0.1, 0.15) is 11.9 Å². The lowest BCUT2D eigenvalue weighted by Crippen LogP contribution is -2.40. The van der Waals surface area contributed by atoms with Gasteiger partial charge in [0.05, 0.1) is 15.3 Å². The number of carboxylic acid groups (broad SMARTS) is 2. The number of fused-ring (bicyclic) bond motifs is 1. The fraction of sp³-hybridized carbons (Fsp3) is 0.333. The number of anilines is 3. The van der Waals surface area contributed by atoms with Crippen LogP contribution in [-0.4, -0.2) is 56.1 Å². The van der Waals surface area contributed by atoms with E-state index in [0.717, 1.165) is 16.1 Å². The van der Waals surface area contributed by atoms with Gasteiger partial charge in [-0.15, -0.1) is 11.3 Å². The van der Waals surface area contributed by atoms with Crippen molar-refractivity contribution >= 4 is 57.0 Å². The van der Waals surface area contributed by atoms with E-state index in [1.54, 1.807) is 18.3 Å². The summed E-state index contributed by atoms with van der Waals surface area (Å²) < 4.78 is 0. The zero-order valence-electron chi connectivity index (χ0n) is 18.6. The van der Waals surface area contributed by atoms with E-state index in [0.29, 0.717) is 28.9 Å². The number of nitrogens with zero attached hydrogens (tertiary/aromatic N) is 4. The van der Waals surface area contributed by atoms with Gasteiger partial charge < -0.3 is 31.9 Å². The number of carbonyl (C=O) groups is 3. The van der Waals surface area contributed by atoms with Crippen LogP contribution in [0.1, 0.15) is 40.6 Å². The predicted octanol–water partition coefficient (Wildman–Crippen LogP) is 1.50. The SMILES string of the molecule is CCc1c(CN(C)c2ccc(C(=O)N[C@@H](CCC(=O)O)C(=O)O)s2)cnc2nc(N)nc(N)c12. The van der Waals surface area contributed by atoms with E-state index in [2.05, 4.69) is 20.3 Å². The van der Waals surface area contributed by atoms with Gasteiger partial charge in [-0.1, -0.05) is 6.92 Å². The molecule has 0 radical (unpaired) electrons. The van der Waals surface area contributed by atoms with E-state index in [1.807, 2.05) is 18.9 Å². The lowest BCUT2D eigenvalue weighted by molar-refractivity contribution is -0.140. The number of hydrogen-bond donors (Lipinski definition) is 5. The standard InChI is InChI=1S/C21H25N7O5S/c1-3-11-10(8-24-18-16(11)17(22)26-21(23)27-18)9-28(2)14-6-5-13(34-14)19(31)25-12(20(32)33)4-7-15(29)30/h5-6,8,12H,3-4,7,9H2,1-2H3,(H,25,31)(H,29,30)(H,32,33)(H4,22,23,24,26,27)/t12-/m0/s1. The molecular weight excluding hydrogens is 462 g/mol. The van der Waals surface area contributed by atoms with Crippen molar-refractivity contribution in [2.45, 2.75) is 38.8 Å². The van der Waals surface area contributed by atoms with Gasteiger partial charge in [-0.25, -0.2) is 9.78 Å². The van der Waals surface area contributed by atoms with Gasteiger partial charge in [-0.3, -0.25) is 9.59 Å². The molecule has 13 heteroatoms. The second-order valence-electron chi connectivity index (χ2n) is 7.57. The van der Waals surface area contributed by atoms with E-state index >= 15 is 0 Å². The maximum atomic E-state index is 12.5. The molecule has 12 nitrogen and oxygen atoms in total. The van der Waals surface area contributed by atoms with Crippen LogP contribution in [0.25, 0.3) is 11.0 Å². The molecule has 1 amide bonds. The van der Waals surface area contributed by atoms with Crippen molar-refractivity contribution in [3.05, 3.63) is 34.3 Å². The third-order valence-electron chi connectivity index (χ3n) is 5.17. The Morgan fingerprint density at radius 1 is 1.21 bits per heavy atom. The highest BCUT2D eigenvalue weighted by molar-refractivity contribution is 7.18. The topological polar surface area (TPSA) is 198 Å². The first-order chi connectivity index (χ1) is 16.1. The summed E-state index contributed by atoms with van der Waals surface area (Å²) in [5.41, 5.74) is 14.0. The lowest BCUT2D eigenvalue weighted by atomic mass is 10.0. The fourth-order valence-corrected chi connectivity index (χ4v) is 4.40. The highest BCUT2D eigenvalue weighted by Crippen LogP contribution is 2.30. The number of hydrogen-bond acceptors (Lipinski definition) is 10. The van der Waals surface area contributed by atoms with E-state index in [4.69, 9.17) is 16.6 Å². The van der Waals surface area contributed by atoms with Crippen LogP contribution in [0.15, 0.2) is 18.3 Å². The van der Waals surface area contributed by atoms with Crippen LogP contribution in [0.5, 0.6) is 0 Å². The maximum absolute atomic E-state index is 12.5. The fourth-order valence-electron chi connectivity index (χ4n) is 3.53. The molecule has 3 heterocycles. The Hall–Kier alpha value is -4.00. The van der Waals surface area contributed by atoms with Gasteiger partial charge in [0, 0.05) is 26.2 Å². The average Bonchev–Trinajstić information content (AvgIpc) is 3.26. The smallest absolute Gasteiger partial charge is 0.326 e. The normalized spacial score (nSPS) is 11.8. The summed E-state index contributed by atoms with van der Waals surface area (Å²) in [6.45, 7) is 2.46. The number of aliphatic carboxylic acids is 2. The van der Waals surface area contributed by atoms with E-state index < -0.39 is 23.9 Å². The molecule has 0 spiro atoms. The zero-order chi connectivity index (χ0) is 25.0. The number of carbonyl (C=O) groups excluding carboxylic acids is 1. The molecule has 0 aromatic carbocycles. The largest absolute Gasteiger partial charge is 0.481 e. The second-order valence-corrected chi connectivity index (χ2v) is 8.63. The minimum Gasteiger partial charge on any atom is -0.481 e. The van der Waals surface area contributed by atoms with Crippen molar-refractivity contribution in [3.63, 3.8) is 0 Å². The minimum atomic E-state index is -1.29. The molecule has 0 aliphatic heterocycles. The van der Waals surface area contributed by atoms with Crippen LogP contribution in [0.2, 0.25) is 0 Å². The Morgan fingerprint density at radius 2 is 1.94 bits per heavy atom. The first-order valence-electron chi connectivity index (χ1n) is 10.4. The lowest BCUT2D eigenvalue weighted by Gasteiger charge is -2.20. The van der Waals surface area contributed by atoms with Crippen LogP contribution in [0.3, 0.4) is 0 Å². The molecule has 0 unspecified atom stereocenters. The van der Waals surface area contributed by atoms with Crippen molar-refractivity contribution in [2.24, 2.45) is 0 Å². The molecule has 3 aromatic rings. The van der Waals surface area contributed by atoms with E-state index in [9.17, 15) is 19.5 Å². The van der Waals surface area contributed by atoms with E-state index in [-0.39, 0.29) is 24.6 Å². The molecule has 0 aliphatic rings. The zero-order valence-corrected chi connectivity index (χ0v) is 19.4. The number of aromatic nitrogens is 3. The van der Waals surface area contributed by atoms with Crippen molar-refractivity contribution in [1.82, 2.24) is 20.3 Å². The third kappa shape index (κ3) is 5.49. The van der Waals surface area contributed by atoms with Gasteiger partial charge in [-0.2, -0.15) is 9.97 Å². The van der Waals surface area contributed by atoms with Gasteiger partial charge in [0.15, 0.2) is 5.65 Å². The number of aryl methyl sites for hydroxylation is 1. The van der Waals surface area contributed by atoms with Crippen LogP contribution in [-0.2, 0) is 22.6 Å². The molecule has 0 saturated carbocycles. The summed E-state index contributed by atoms with van der Waals surface area (Å²) in [5.74, 6) is -2.67. The summed E-state index contributed by atoms with van der Waals surface area (Å²) in [4.78, 5) is 49.4. The van der Waals surface area contributed by atoms with Crippen molar-refractivity contribution in [2.75, 3.05) is 23.4 Å². The summed E-state index contributed by atoms with van der Waals surface area (Å²) in [6, 6.07) is 2.06. The molecule has 3 rings (SSSR count). The number of rotatable bonds is 10. The number of carboxylic acids is 2. The number of nitrogens with one attached hydrogen (secondary N) is 1. The van der Waals surface area contributed by atoms with Gasteiger partial charge in [0.2, 0.25) is 5.95 Å². The molecule has 0 aliphatic carbocycles. The van der Waals surface area contributed by atoms with Crippen LogP contribution >= 0.6 is 11.3 Å². The number of thiophene rings is 1. The van der Waals surface area contributed by atoms with Crippen LogP contribution in [0.4, 0.5) is 16.8 Å². The molecule has 0 saturated heterocycles. The van der Waals surface area contributed by atoms with Crippen LogP contribution < -0.4 is 21.7 Å². The molecule has 34 heavy (non-hydrogen) atoms. The molecule has 0 fully saturated rings. The van der Waals surface area contributed by atoms with E-state index in [1.165, 1.54) is 11.3 Å². The van der Waals surface area contributed by atoms with Gasteiger partial charge in [0.25, 0.3) is 5.91 Å². The monoisotopic (exact) mass is 487 g/mol. The Balaban J connectivity index is 1.77. The quantitative estimate of drug-likeness (QED) is 0.278. The maximum Gasteiger partial charge on any atom is 0.326 e. The first kappa shape index (κ1) is 24.6. The first-order valence-corrected chi connectivity index (χ1v) is 11.2.